The molecule has 1 aliphatic heterocycles. The van der Waals surface area contributed by atoms with Crippen molar-refractivity contribution in [2.24, 2.45) is 0 Å². The van der Waals surface area contributed by atoms with Crippen molar-refractivity contribution < 1.29 is 22.3 Å². The van der Waals surface area contributed by atoms with Crippen LogP contribution in [0.25, 0.3) is 0 Å². The molecule has 1 unspecified atom stereocenters. The Morgan fingerprint density at radius 2 is 2.04 bits per heavy atom. The van der Waals surface area contributed by atoms with Crippen LogP contribution >= 0.6 is 11.6 Å². The molecule has 0 radical (unpaired) electrons. The summed E-state index contributed by atoms with van der Waals surface area (Å²) in [5.74, 6) is -0.523. The molecule has 0 N–H and O–H groups in total. The van der Waals surface area contributed by atoms with Gasteiger partial charge >= 0.3 is 0 Å². The Kier molecular flexibility index (Phi) is 5.72. The number of hydrogen-bond donors (Lipinski definition) is 0. The Labute approximate surface area is 162 Å². The predicted molar refractivity (Wildman–Crippen MR) is 101 cm³/mol. The maximum absolute atomic E-state index is 14.1. The Bertz CT molecular complexity index is 964. The number of benzene rings is 2. The Balaban J connectivity index is 1.95. The van der Waals surface area contributed by atoms with Crippen molar-refractivity contribution >= 4 is 27.3 Å². The van der Waals surface area contributed by atoms with Crippen LogP contribution in [0, 0.1) is 5.82 Å². The summed E-state index contributed by atoms with van der Waals surface area (Å²) >= 11 is 6.12. The molecule has 144 valence electrons. The second-order valence-electron chi connectivity index (χ2n) is 6.43. The number of methoxy groups -OCH3 is 1. The lowest BCUT2D eigenvalue weighted by Gasteiger charge is -2.29. The van der Waals surface area contributed by atoms with Crippen LogP contribution in [-0.4, -0.2) is 43.9 Å². The highest BCUT2D eigenvalue weighted by Crippen LogP contribution is 2.28. The number of amides is 1. The maximum atomic E-state index is 14.1. The van der Waals surface area contributed by atoms with Gasteiger partial charge in [0.2, 0.25) is 0 Å². The van der Waals surface area contributed by atoms with Crippen LogP contribution in [0.5, 0.6) is 5.75 Å². The third-order valence-electron chi connectivity index (χ3n) is 4.61. The van der Waals surface area contributed by atoms with Crippen LogP contribution in [0.4, 0.5) is 4.39 Å². The number of carbonyl (C=O) groups excluding carboxylic acids is 1. The van der Waals surface area contributed by atoms with E-state index in [4.69, 9.17) is 16.3 Å². The number of rotatable bonds is 5. The van der Waals surface area contributed by atoms with Crippen LogP contribution in [0.15, 0.2) is 42.5 Å². The highest BCUT2D eigenvalue weighted by molar-refractivity contribution is 7.91. The quantitative estimate of drug-likeness (QED) is 0.757. The van der Waals surface area contributed by atoms with Gasteiger partial charge in [0.05, 0.1) is 23.6 Å². The molecule has 8 heteroatoms. The Hall–Kier alpha value is -2.12. The van der Waals surface area contributed by atoms with Gasteiger partial charge in [-0.05, 0) is 30.7 Å². The fourth-order valence-electron chi connectivity index (χ4n) is 3.16. The van der Waals surface area contributed by atoms with Crippen molar-refractivity contribution in [1.82, 2.24) is 4.90 Å². The van der Waals surface area contributed by atoms with Gasteiger partial charge in [-0.15, -0.1) is 0 Å². The number of halogens is 2. The van der Waals surface area contributed by atoms with Gasteiger partial charge in [0.1, 0.15) is 11.6 Å². The van der Waals surface area contributed by atoms with Crippen molar-refractivity contribution in [1.29, 1.82) is 0 Å². The van der Waals surface area contributed by atoms with Crippen LogP contribution in [0.1, 0.15) is 22.3 Å². The largest absolute Gasteiger partial charge is 0.495 e. The smallest absolute Gasteiger partial charge is 0.254 e. The molecular formula is C19H19ClFNO4S. The molecule has 0 aromatic heterocycles. The number of sulfone groups is 1. The van der Waals surface area contributed by atoms with Crippen molar-refractivity contribution in [3.05, 3.63) is 64.4 Å². The molecular weight excluding hydrogens is 393 g/mol. The second-order valence-corrected chi connectivity index (χ2v) is 9.07. The minimum Gasteiger partial charge on any atom is -0.495 e. The van der Waals surface area contributed by atoms with Crippen LogP contribution in [0.2, 0.25) is 5.02 Å². The third kappa shape index (κ3) is 4.42. The van der Waals surface area contributed by atoms with E-state index in [0.29, 0.717) is 23.3 Å². The topological polar surface area (TPSA) is 63.7 Å². The van der Waals surface area contributed by atoms with Crippen molar-refractivity contribution in [2.75, 3.05) is 18.6 Å². The zero-order valence-electron chi connectivity index (χ0n) is 14.7. The fraction of sp³-hybridized carbons (Fsp3) is 0.316. The number of nitrogens with zero attached hydrogens (tertiary/aromatic N) is 1. The van der Waals surface area contributed by atoms with E-state index in [9.17, 15) is 17.6 Å². The normalized spacial score (nSPS) is 18.3. The zero-order chi connectivity index (χ0) is 19.6. The number of hydrogen-bond acceptors (Lipinski definition) is 4. The Morgan fingerprint density at radius 1 is 1.30 bits per heavy atom. The summed E-state index contributed by atoms with van der Waals surface area (Å²) < 4.78 is 43.0. The first-order valence-corrected chi connectivity index (χ1v) is 10.6. The lowest BCUT2D eigenvalue weighted by molar-refractivity contribution is 0.0679. The molecule has 2 aromatic rings. The van der Waals surface area contributed by atoms with E-state index in [2.05, 4.69) is 0 Å². The summed E-state index contributed by atoms with van der Waals surface area (Å²) in [6, 6.07) is 10.2. The molecule has 1 amide bonds. The van der Waals surface area contributed by atoms with E-state index in [0.717, 1.165) is 0 Å². The highest BCUT2D eigenvalue weighted by atomic mass is 35.5. The standard InChI is InChI=1S/C19H19ClFNO4S/c1-26-18-7-6-13(10-16(18)20)19(23)22(15-8-9-27(24,25)12-15)11-14-4-2-3-5-17(14)21/h2-7,10,15H,8-9,11-12H2,1H3. The van der Waals surface area contributed by atoms with Crippen LogP contribution in [-0.2, 0) is 16.4 Å². The number of carbonyl (C=O) groups is 1. The molecule has 27 heavy (non-hydrogen) atoms. The van der Waals surface area contributed by atoms with Gasteiger partial charge in [-0.1, -0.05) is 29.8 Å². The van der Waals surface area contributed by atoms with Gasteiger partial charge in [0.25, 0.3) is 5.91 Å². The fourth-order valence-corrected chi connectivity index (χ4v) is 5.15. The van der Waals surface area contributed by atoms with Gasteiger partial charge < -0.3 is 9.64 Å². The summed E-state index contributed by atoms with van der Waals surface area (Å²) in [6.07, 6.45) is 0.326. The van der Waals surface area contributed by atoms with Gasteiger partial charge in [-0.3, -0.25) is 4.79 Å². The van der Waals surface area contributed by atoms with E-state index in [-0.39, 0.29) is 23.1 Å². The molecule has 2 aromatic carbocycles. The molecule has 0 aliphatic carbocycles. The van der Waals surface area contributed by atoms with Gasteiger partial charge in [0, 0.05) is 23.7 Å². The Morgan fingerprint density at radius 3 is 2.63 bits per heavy atom. The summed E-state index contributed by atoms with van der Waals surface area (Å²) in [6.45, 7) is -0.0185. The third-order valence-corrected chi connectivity index (χ3v) is 6.65. The lowest BCUT2D eigenvalue weighted by Crippen LogP contribution is -2.40. The maximum Gasteiger partial charge on any atom is 0.254 e. The molecule has 0 saturated carbocycles. The molecule has 1 atom stereocenters. The summed E-state index contributed by atoms with van der Waals surface area (Å²) in [7, 11) is -1.74. The average Bonchev–Trinajstić information content (AvgIpc) is 3.00. The van der Waals surface area contributed by atoms with E-state index >= 15 is 0 Å². The number of ether oxygens (including phenoxy) is 1. The second kappa shape index (κ2) is 7.86. The van der Waals surface area contributed by atoms with E-state index < -0.39 is 27.6 Å². The van der Waals surface area contributed by atoms with Gasteiger partial charge in [-0.25, -0.2) is 12.8 Å². The highest BCUT2D eigenvalue weighted by Gasteiger charge is 2.35. The first kappa shape index (κ1) is 19.6. The van der Waals surface area contributed by atoms with E-state index in [1.54, 1.807) is 30.3 Å². The van der Waals surface area contributed by atoms with Crippen molar-refractivity contribution in [3.8, 4) is 5.75 Å². The molecule has 3 rings (SSSR count). The van der Waals surface area contributed by atoms with Crippen molar-refractivity contribution in [3.63, 3.8) is 0 Å². The molecule has 1 fully saturated rings. The summed E-state index contributed by atoms with van der Waals surface area (Å²) in [5.41, 5.74) is 0.621. The average molecular weight is 412 g/mol. The minimum absolute atomic E-state index is 0.0160. The first-order valence-electron chi connectivity index (χ1n) is 8.39. The van der Waals surface area contributed by atoms with E-state index in [1.165, 1.54) is 24.1 Å². The predicted octanol–water partition coefficient (Wildman–Crippen LogP) is 3.32. The van der Waals surface area contributed by atoms with E-state index in [1.807, 2.05) is 0 Å². The summed E-state index contributed by atoms with van der Waals surface area (Å²) in [4.78, 5) is 14.5. The molecule has 0 spiro atoms. The summed E-state index contributed by atoms with van der Waals surface area (Å²) in [5, 5.41) is 0.272. The minimum atomic E-state index is -3.21. The van der Waals surface area contributed by atoms with Crippen LogP contribution in [0.3, 0.4) is 0 Å². The van der Waals surface area contributed by atoms with Crippen LogP contribution < -0.4 is 4.74 Å². The molecule has 0 bridgehead atoms. The van der Waals surface area contributed by atoms with Crippen molar-refractivity contribution in [2.45, 2.75) is 19.0 Å². The molecule has 1 heterocycles. The molecule has 1 aliphatic rings. The van der Waals surface area contributed by atoms with Gasteiger partial charge in [0.15, 0.2) is 9.84 Å². The first-order chi connectivity index (χ1) is 12.8. The van der Waals surface area contributed by atoms with Gasteiger partial charge in [-0.2, -0.15) is 0 Å². The SMILES string of the molecule is COc1ccc(C(=O)N(Cc2ccccc2F)C2CCS(=O)(=O)C2)cc1Cl. The lowest BCUT2D eigenvalue weighted by atomic mass is 10.1. The zero-order valence-corrected chi connectivity index (χ0v) is 16.3. The molecule has 5 nitrogen and oxygen atoms in total. The monoisotopic (exact) mass is 411 g/mol. The molecule has 1 saturated heterocycles.